The molecule has 3 N–H and O–H groups in total. The molecule has 0 aliphatic heterocycles. The zero-order chi connectivity index (χ0) is 22.5. The zero-order valence-electron chi connectivity index (χ0n) is 18.7. The van der Waals surface area contributed by atoms with E-state index in [1.165, 1.54) is 37.4 Å². The van der Waals surface area contributed by atoms with Crippen molar-refractivity contribution in [3.8, 4) is 0 Å². The van der Waals surface area contributed by atoms with Crippen molar-refractivity contribution in [2.45, 2.75) is 51.1 Å². The number of nitrogens with zero attached hydrogens (tertiary/aromatic N) is 1. The number of hydrogen-bond acceptors (Lipinski definition) is 3. The molecule has 0 radical (unpaired) electrons. The van der Waals surface area contributed by atoms with Gasteiger partial charge in [0, 0.05) is 25.3 Å². The maximum atomic E-state index is 12.6. The van der Waals surface area contributed by atoms with Crippen LogP contribution in [0.25, 0.3) is 0 Å². The molecule has 164 valence electrons. The van der Waals surface area contributed by atoms with E-state index >= 15 is 0 Å². The van der Waals surface area contributed by atoms with Crippen LogP contribution in [0.4, 0.5) is 5.69 Å². The third-order valence-electron chi connectivity index (χ3n) is 5.02. The van der Waals surface area contributed by atoms with Crippen molar-refractivity contribution < 1.29 is 18.5 Å². The van der Waals surface area contributed by atoms with E-state index in [0.29, 0.717) is 11.6 Å². The van der Waals surface area contributed by atoms with Gasteiger partial charge < -0.3 is 10.6 Å². The van der Waals surface area contributed by atoms with Gasteiger partial charge in [0.1, 0.15) is 6.04 Å². The summed E-state index contributed by atoms with van der Waals surface area (Å²) in [5.74, 6) is 0.451. The molecule has 0 aliphatic carbocycles. The standard InChI is InChI=1S/C23H33N3O3S/c1-16(2)14-19-10-12-20(13-11-19)17(3)24-18(4)23(27)25-21-8-7-9-22(15-21)30(28,29)26(5)6/h7-13,15-18,24H,14H2,1-6H3,(H,25,27)/p+1/t17-,18+/m1/s1. The monoisotopic (exact) mass is 432 g/mol. The topological polar surface area (TPSA) is 83.1 Å². The van der Waals surface area contributed by atoms with Crippen molar-refractivity contribution in [2.75, 3.05) is 19.4 Å². The highest BCUT2D eigenvalue weighted by molar-refractivity contribution is 7.89. The quantitative estimate of drug-likeness (QED) is 0.639. The lowest BCUT2D eigenvalue weighted by Crippen LogP contribution is -2.91. The lowest BCUT2D eigenvalue weighted by Gasteiger charge is -2.18. The van der Waals surface area contributed by atoms with E-state index in [1.54, 1.807) is 12.1 Å². The predicted molar refractivity (Wildman–Crippen MR) is 121 cm³/mol. The van der Waals surface area contributed by atoms with Crippen molar-refractivity contribution in [2.24, 2.45) is 5.92 Å². The Kier molecular flexibility index (Phi) is 8.18. The first-order valence-corrected chi connectivity index (χ1v) is 11.7. The van der Waals surface area contributed by atoms with E-state index in [4.69, 9.17) is 0 Å². The number of nitrogens with one attached hydrogen (secondary N) is 1. The van der Waals surface area contributed by atoms with Crippen molar-refractivity contribution in [3.63, 3.8) is 0 Å². The fourth-order valence-corrected chi connectivity index (χ4v) is 4.21. The second kappa shape index (κ2) is 10.2. The Labute approximate surface area is 180 Å². The molecule has 0 unspecified atom stereocenters. The number of carbonyl (C=O) groups is 1. The Bertz CT molecular complexity index is 954. The molecule has 2 atom stereocenters. The largest absolute Gasteiger partial charge is 0.330 e. The minimum absolute atomic E-state index is 0.124. The van der Waals surface area contributed by atoms with Crippen LogP contribution in [0, 0.1) is 5.92 Å². The number of nitrogens with two attached hydrogens (primary N) is 1. The van der Waals surface area contributed by atoms with E-state index in [1.807, 2.05) is 12.2 Å². The second-order valence-corrected chi connectivity index (χ2v) is 10.6. The molecule has 7 heteroatoms. The Morgan fingerprint density at radius 1 is 1.03 bits per heavy atom. The molecule has 0 saturated heterocycles. The van der Waals surface area contributed by atoms with Gasteiger partial charge in [-0.3, -0.25) is 4.79 Å². The molecule has 0 saturated carbocycles. The molecule has 6 nitrogen and oxygen atoms in total. The van der Waals surface area contributed by atoms with Gasteiger partial charge in [0.2, 0.25) is 10.0 Å². The molecular formula is C23H34N3O3S+. The molecule has 0 aromatic heterocycles. The van der Waals surface area contributed by atoms with Gasteiger partial charge in [-0.25, -0.2) is 12.7 Å². The van der Waals surface area contributed by atoms with Crippen LogP contribution in [0.3, 0.4) is 0 Å². The fourth-order valence-electron chi connectivity index (χ4n) is 3.26. The summed E-state index contributed by atoms with van der Waals surface area (Å²) in [5, 5.41) is 4.83. The van der Waals surface area contributed by atoms with Gasteiger partial charge in [-0.2, -0.15) is 0 Å². The van der Waals surface area contributed by atoms with Gasteiger partial charge in [-0.1, -0.05) is 44.2 Å². The summed E-state index contributed by atoms with van der Waals surface area (Å²) in [7, 11) is -0.586. The lowest BCUT2D eigenvalue weighted by molar-refractivity contribution is -0.709. The molecule has 0 aliphatic rings. The van der Waals surface area contributed by atoms with Crippen molar-refractivity contribution in [1.29, 1.82) is 0 Å². The highest BCUT2D eigenvalue weighted by atomic mass is 32.2. The number of benzene rings is 2. The van der Waals surface area contributed by atoms with E-state index in [2.05, 4.69) is 50.4 Å². The third kappa shape index (κ3) is 6.39. The minimum atomic E-state index is -3.55. The molecule has 2 aromatic carbocycles. The van der Waals surface area contributed by atoms with E-state index in [9.17, 15) is 13.2 Å². The molecule has 30 heavy (non-hydrogen) atoms. The van der Waals surface area contributed by atoms with Gasteiger partial charge >= 0.3 is 0 Å². The highest BCUT2D eigenvalue weighted by Crippen LogP contribution is 2.18. The predicted octanol–water partition coefficient (Wildman–Crippen LogP) is 2.79. The van der Waals surface area contributed by atoms with Crippen LogP contribution in [-0.4, -0.2) is 38.8 Å². The normalized spacial score (nSPS) is 14.0. The number of carbonyl (C=O) groups excluding carboxylic acids is 1. The van der Waals surface area contributed by atoms with Crippen LogP contribution in [0.15, 0.2) is 53.4 Å². The van der Waals surface area contributed by atoms with Crippen LogP contribution in [-0.2, 0) is 21.2 Å². The average molecular weight is 433 g/mol. The van der Waals surface area contributed by atoms with Gasteiger partial charge in [-0.05, 0) is 49.9 Å². The molecule has 1 amide bonds. The third-order valence-corrected chi connectivity index (χ3v) is 6.83. The van der Waals surface area contributed by atoms with Gasteiger partial charge in [0.05, 0.1) is 4.90 Å². The Morgan fingerprint density at radius 2 is 1.67 bits per heavy atom. The second-order valence-electron chi connectivity index (χ2n) is 8.41. The van der Waals surface area contributed by atoms with E-state index < -0.39 is 10.0 Å². The van der Waals surface area contributed by atoms with Crippen molar-refractivity contribution in [1.82, 2.24) is 4.31 Å². The smallest absolute Gasteiger partial charge is 0.282 e. The molecule has 2 aromatic rings. The fraction of sp³-hybridized carbons (Fsp3) is 0.435. The van der Waals surface area contributed by atoms with Crippen LogP contribution in [0.2, 0.25) is 0 Å². The Balaban J connectivity index is 2.01. The molecule has 0 heterocycles. The Hall–Kier alpha value is -2.22. The first-order chi connectivity index (χ1) is 14.0. The minimum Gasteiger partial charge on any atom is -0.330 e. The number of hydrogen-bond donors (Lipinski definition) is 2. The number of rotatable bonds is 9. The van der Waals surface area contributed by atoms with Crippen molar-refractivity contribution >= 4 is 21.6 Å². The molecule has 0 spiro atoms. The van der Waals surface area contributed by atoms with Gasteiger partial charge in [-0.15, -0.1) is 0 Å². The molecule has 0 fully saturated rings. The molecule has 0 bridgehead atoms. The summed E-state index contributed by atoms with van der Waals surface area (Å²) in [6.07, 6.45) is 1.06. The summed E-state index contributed by atoms with van der Waals surface area (Å²) in [6.45, 7) is 8.33. The summed E-state index contributed by atoms with van der Waals surface area (Å²) in [5.41, 5.74) is 2.95. The summed E-state index contributed by atoms with van der Waals surface area (Å²) < 4.78 is 25.7. The SMILES string of the molecule is CC(C)Cc1ccc([C@@H](C)[NH2+][C@@H](C)C(=O)Nc2cccc(S(=O)(=O)N(C)C)c2)cc1. The first kappa shape index (κ1) is 24.1. The summed E-state index contributed by atoms with van der Waals surface area (Å²) >= 11 is 0. The molecular weight excluding hydrogens is 398 g/mol. The molecule has 2 rings (SSSR count). The average Bonchev–Trinajstić information content (AvgIpc) is 2.68. The Morgan fingerprint density at radius 3 is 2.23 bits per heavy atom. The first-order valence-electron chi connectivity index (χ1n) is 10.3. The summed E-state index contributed by atoms with van der Waals surface area (Å²) in [6, 6.07) is 14.7. The number of anilines is 1. The van der Waals surface area contributed by atoms with Crippen molar-refractivity contribution in [3.05, 3.63) is 59.7 Å². The number of sulfonamides is 1. The highest BCUT2D eigenvalue weighted by Gasteiger charge is 2.22. The van der Waals surface area contributed by atoms with E-state index in [-0.39, 0.29) is 22.9 Å². The van der Waals surface area contributed by atoms with Gasteiger partial charge in [0.25, 0.3) is 5.91 Å². The van der Waals surface area contributed by atoms with Gasteiger partial charge in [0.15, 0.2) is 6.04 Å². The zero-order valence-corrected chi connectivity index (χ0v) is 19.5. The van der Waals surface area contributed by atoms with E-state index in [0.717, 1.165) is 10.7 Å². The maximum absolute atomic E-state index is 12.6. The number of amides is 1. The van der Waals surface area contributed by atoms with Crippen LogP contribution in [0.5, 0.6) is 0 Å². The van der Waals surface area contributed by atoms with Crippen LogP contribution < -0.4 is 10.6 Å². The summed E-state index contributed by atoms with van der Waals surface area (Å²) in [4.78, 5) is 12.8. The maximum Gasteiger partial charge on any atom is 0.282 e. The lowest BCUT2D eigenvalue weighted by atomic mass is 9.99. The van der Waals surface area contributed by atoms with Crippen LogP contribution >= 0.6 is 0 Å². The van der Waals surface area contributed by atoms with Crippen LogP contribution in [0.1, 0.15) is 44.9 Å². The number of quaternary nitrogens is 1.